The Bertz CT molecular complexity index is 949. The monoisotopic (exact) mass is 432 g/mol. The number of hydrogen-bond acceptors (Lipinski definition) is 5. The lowest BCUT2D eigenvalue weighted by molar-refractivity contribution is 0.0984. The van der Waals surface area contributed by atoms with Crippen molar-refractivity contribution in [2.45, 2.75) is 40.2 Å². The molecule has 0 bridgehead atoms. The summed E-state index contributed by atoms with van der Waals surface area (Å²) in [6, 6.07) is 1.46. The van der Waals surface area contributed by atoms with Crippen LogP contribution in [-0.4, -0.2) is 22.0 Å². The number of halogens is 2. The average Bonchev–Trinajstić information content (AvgIpc) is 2.91. The van der Waals surface area contributed by atoms with Crippen LogP contribution in [0, 0.1) is 5.92 Å². The molecule has 27 heavy (non-hydrogen) atoms. The number of carbonyl (C=O) groups is 1. The summed E-state index contributed by atoms with van der Waals surface area (Å²) in [7, 11) is 0. The van der Waals surface area contributed by atoms with Gasteiger partial charge in [0.2, 0.25) is 0 Å². The van der Waals surface area contributed by atoms with Crippen molar-refractivity contribution in [2.75, 3.05) is 17.2 Å². The van der Waals surface area contributed by atoms with Crippen molar-refractivity contribution in [1.29, 1.82) is 0 Å². The van der Waals surface area contributed by atoms with Crippen LogP contribution in [-0.2, 0) is 6.54 Å². The van der Waals surface area contributed by atoms with E-state index in [2.05, 4.69) is 4.98 Å². The highest BCUT2D eigenvalue weighted by molar-refractivity contribution is 7.20. The molecule has 0 aliphatic carbocycles. The number of nitrogens with one attached hydrogen (secondary N) is 1. The van der Waals surface area contributed by atoms with Crippen LogP contribution in [0.5, 0.6) is 0 Å². The number of anilines is 2. The summed E-state index contributed by atoms with van der Waals surface area (Å²) >= 11 is 13.1. The van der Waals surface area contributed by atoms with Gasteiger partial charge in [-0.1, -0.05) is 50.4 Å². The molecule has 2 aromatic heterocycles. The molecular weight excluding hydrogens is 411 g/mol. The molecule has 10 heteroatoms. The van der Waals surface area contributed by atoms with E-state index in [1.54, 1.807) is 0 Å². The van der Waals surface area contributed by atoms with Crippen LogP contribution in [0.4, 0.5) is 11.5 Å². The summed E-state index contributed by atoms with van der Waals surface area (Å²) in [5.41, 5.74) is 4.99. The third-order valence-corrected chi connectivity index (χ3v) is 5.39. The molecule has 0 aliphatic rings. The number of amides is 1. The quantitative estimate of drug-likeness (QED) is 0.697. The highest BCUT2D eigenvalue weighted by Crippen LogP contribution is 2.33. The summed E-state index contributed by atoms with van der Waals surface area (Å²) < 4.78 is 1.87. The number of rotatable bonds is 7. The van der Waals surface area contributed by atoms with E-state index in [4.69, 9.17) is 28.9 Å². The SMILES string of the molecule is CCCCn1c(N)c(N(CC(C)C)C(=O)c2cc(Cl)sc2Cl)c(=O)[nH]c1=O. The third-order valence-electron chi connectivity index (χ3n) is 3.90. The Morgan fingerprint density at radius 2 is 2.04 bits per heavy atom. The zero-order valence-corrected chi connectivity index (χ0v) is 17.7. The standard InChI is InChI=1S/C17H22Cl2N4O3S/c1-4-5-6-22-14(20)12(15(24)21-17(22)26)23(8-9(2)3)16(25)10-7-11(18)27-13(10)19/h7,9H,4-6,8,20H2,1-3H3,(H,21,24,26). The Morgan fingerprint density at radius 3 is 2.56 bits per heavy atom. The van der Waals surface area contributed by atoms with Gasteiger partial charge in [0.05, 0.1) is 9.90 Å². The van der Waals surface area contributed by atoms with Crippen LogP contribution in [0.25, 0.3) is 0 Å². The fourth-order valence-electron chi connectivity index (χ4n) is 2.65. The normalized spacial score (nSPS) is 11.2. The fraction of sp³-hybridized carbons (Fsp3) is 0.471. The van der Waals surface area contributed by atoms with Gasteiger partial charge < -0.3 is 10.6 Å². The number of thiophene rings is 1. The summed E-state index contributed by atoms with van der Waals surface area (Å²) in [6.45, 7) is 6.35. The first-order valence-corrected chi connectivity index (χ1v) is 10.1. The molecule has 0 fully saturated rings. The molecule has 3 N–H and O–H groups in total. The Labute approximate surface area is 170 Å². The number of aromatic amines is 1. The minimum Gasteiger partial charge on any atom is -0.383 e. The number of aromatic nitrogens is 2. The van der Waals surface area contributed by atoms with E-state index in [1.807, 2.05) is 20.8 Å². The van der Waals surface area contributed by atoms with E-state index in [0.717, 1.165) is 17.8 Å². The maximum Gasteiger partial charge on any atom is 0.330 e. The van der Waals surface area contributed by atoms with Crippen LogP contribution < -0.4 is 21.9 Å². The van der Waals surface area contributed by atoms with Crippen LogP contribution in [0.1, 0.15) is 44.0 Å². The van der Waals surface area contributed by atoms with E-state index in [1.165, 1.54) is 15.5 Å². The third kappa shape index (κ3) is 4.75. The zero-order valence-electron chi connectivity index (χ0n) is 15.3. The smallest absolute Gasteiger partial charge is 0.330 e. The second-order valence-electron chi connectivity index (χ2n) is 6.55. The van der Waals surface area contributed by atoms with Crippen molar-refractivity contribution in [3.63, 3.8) is 0 Å². The van der Waals surface area contributed by atoms with E-state index in [9.17, 15) is 14.4 Å². The second-order valence-corrected chi connectivity index (χ2v) is 8.83. The molecule has 2 rings (SSSR count). The number of nitrogens with two attached hydrogens (primary N) is 1. The molecule has 0 atom stereocenters. The van der Waals surface area contributed by atoms with Crippen molar-refractivity contribution in [3.8, 4) is 0 Å². The predicted octanol–water partition coefficient (Wildman–Crippen LogP) is 3.59. The largest absolute Gasteiger partial charge is 0.383 e. The van der Waals surface area contributed by atoms with Crippen molar-refractivity contribution in [3.05, 3.63) is 41.1 Å². The number of unbranched alkanes of at least 4 members (excludes halogenated alkanes) is 1. The molecular formula is C17H22Cl2N4O3S. The Hall–Kier alpha value is -1.77. The molecule has 2 heterocycles. The minimum atomic E-state index is -0.711. The maximum atomic E-state index is 13.1. The number of nitrogen functional groups attached to an aromatic ring is 1. The van der Waals surface area contributed by atoms with E-state index in [0.29, 0.717) is 17.3 Å². The topological polar surface area (TPSA) is 101 Å². The van der Waals surface area contributed by atoms with Crippen LogP contribution in [0.2, 0.25) is 8.67 Å². The van der Waals surface area contributed by atoms with Crippen LogP contribution in [0.3, 0.4) is 0 Å². The summed E-state index contributed by atoms with van der Waals surface area (Å²) in [5.74, 6) is -0.491. The Kier molecular flexibility index (Phi) is 7.13. The van der Waals surface area contributed by atoms with E-state index in [-0.39, 0.29) is 33.9 Å². The molecule has 0 radical (unpaired) electrons. The van der Waals surface area contributed by atoms with Gasteiger partial charge in [0.15, 0.2) is 5.69 Å². The summed E-state index contributed by atoms with van der Waals surface area (Å²) in [5, 5.41) is 0. The predicted molar refractivity (Wildman–Crippen MR) is 111 cm³/mol. The fourth-order valence-corrected chi connectivity index (χ4v) is 4.10. The van der Waals surface area contributed by atoms with Crippen molar-refractivity contribution in [1.82, 2.24) is 9.55 Å². The molecule has 0 aromatic carbocycles. The molecule has 0 saturated heterocycles. The molecule has 2 aromatic rings. The molecule has 0 unspecified atom stereocenters. The molecule has 7 nitrogen and oxygen atoms in total. The van der Waals surface area contributed by atoms with E-state index < -0.39 is 17.2 Å². The number of H-pyrrole nitrogens is 1. The number of nitrogens with zero attached hydrogens (tertiary/aromatic N) is 2. The molecule has 0 saturated carbocycles. The maximum absolute atomic E-state index is 13.1. The first kappa shape index (κ1) is 21.5. The lowest BCUT2D eigenvalue weighted by Crippen LogP contribution is -2.42. The molecule has 148 valence electrons. The molecule has 0 aliphatic heterocycles. The van der Waals surface area contributed by atoms with Gasteiger partial charge in [-0.2, -0.15) is 0 Å². The second kappa shape index (κ2) is 8.95. The van der Waals surface area contributed by atoms with Crippen molar-refractivity contribution < 1.29 is 4.79 Å². The van der Waals surface area contributed by atoms with Gasteiger partial charge in [0.25, 0.3) is 11.5 Å². The van der Waals surface area contributed by atoms with Crippen LogP contribution >= 0.6 is 34.5 Å². The lowest BCUT2D eigenvalue weighted by atomic mass is 10.1. The van der Waals surface area contributed by atoms with Crippen molar-refractivity contribution >= 4 is 52.0 Å². The van der Waals surface area contributed by atoms with Gasteiger partial charge in [-0.05, 0) is 18.4 Å². The summed E-state index contributed by atoms with van der Waals surface area (Å²) in [6.07, 6.45) is 1.55. The van der Waals surface area contributed by atoms with Crippen molar-refractivity contribution in [2.24, 2.45) is 5.92 Å². The van der Waals surface area contributed by atoms with Gasteiger partial charge in [0.1, 0.15) is 10.2 Å². The van der Waals surface area contributed by atoms with E-state index >= 15 is 0 Å². The summed E-state index contributed by atoms with van der Waals surface area (Å²) in [4.78, 5) is 41.3. The number of carbonyl (C=O) groups excluding carboxylic acids is 1. The van der Waals surface area contributed by atoms with Gasteiger partial charge in [-0.3, -0.25) is 19.1 Å². The Balaban J connectivity index is 2.63. The number of hydrogen-bond donors (Lipinski definition) is 2. The Morgan fingerprint density at radius 1 is 1.37 bits per heavy atom. The lowest BCUT2D eigenvalue weighted by Gasteiger charge is -2.26. The minimum absolute atomic E-state index is 0.0383. The van der Waals surface area contributed by atoms with Gasteiger partial charge >= 0.3 is 5.69 Å². The van der Waals surface area contributed by atoms with Gasteiger partial charge in [-0.15, -0.1) is 11.3 Å². The highest BCUT2D eigenvalue weighted by atomic mass is 35.5. The van der Waals surface area contributed by atoms with Crippen LogP contribution in [0.15, 0.2) is 15.7 Å². The first-order chi connectivity index (χ1) is 12.7. The molecule has 0 spiro atoms. The zero-order chi connectivity index (χ0) is 20.3. The van der Waals surface area contributed by atoms with Gasteiger partial charge in [0, 0.05) is 13.1 Å². The highest BCUT2D eigenvalue weighted by Gasteiger charge is 2.28. The molecule has 1 amide bonds. The average molecular weight is 433 g/mol. The first-order valence-electron chi connectivity index (χ1n) is 8.56. The van der Waals surface area contributed by atoms with Gasteiger partial charge in [-0.25, -0.2) is 4.79 Å².